The molecule has 3 aromatic rings. The van der Waals surface area contributed by atoms with Gasteiger partial charge in [0.05, 0.1) is 13.7 Å². The molecule has 170 valence electrons. The highest BCUT2D eigenvalue weighted by Gasteiger charge is 2.56. The number of carbonyl (C=O) groups excluding carboxylic acids is 1. The molecule has 2 saturated heterocycles. The quantitative estimate of drug-likeness (QED) is 0.584. The number of benzene rings is 2. The van der Waals surface area contributed by atoms with E-state index >= 15 is 0 Å². The number of ether oxygens (including phenoxy) is 2. The molecule has 33 heavy (non-hydrogen) atoms. The number of amides is 1. The van der Waals surface area contributed by atoms with E-state index in [1.807, 2.05) is 47.5 Å². The van der Waals surface area contributed by atoms with Crippen LogP contribution in [0.25, 0.3) is 0 Å². The van der Waals surface area contributed by atoms with Crippen LogP contribution in [0.3, 0.4) is 0 Å². The molecule has 0 aliphatic carbocycles. The molecule has 2 fully saturated rings. The van der Waals surface area contributed by atoms with Gasteiger partial charge >= 0.3 is 0 Å². The van der Waals surface area contributed by atoms with Crippen LogP contribution in [0.5, 0.6) is 5.75 Å². The lowest BCUT2D eigenvalue weighted by atomic mass is 9.83. The predicted octanol–water partition coefficient (Wildman–Crippen LogP) is 3.49. The summed E-state index contributed by atoms with van der Waals surface area (Å²) in [6.07, 6.45) is 3.64. The van der Waals surface area contributed by atoms with Crippen molar-refractivity contribution < 1.29 is 14.3 Å². The van der Waals surface area contributed by atoms with E-state index in [1.165, 1.54) is 5.56 Å². The average Bonchev–Trinajstić information content (AvgIpc) is 3.22. The summed E-state index contributed by atoms with van der Waals surface area (Å²) in [6.45, 7) is 3.78. The molecule has 0 saturated carbocycles. The lowest BCUT2D eigenvalue weighted by Crippen LogP contribution is -2.59. The van der Waals surface area contributed by atoms with Gasteiger partial charge in [-0.25, -0.2) is 0 Å². The first-order chi connectivity index (χ1) is 16.2. The second kappa shape index (κ2) is 9.33. The molecule has 2 atom stereocenters. The number of aromatic nitrogens is 1. The van der Waals surface area contributed by atoms with Crippen molar-refractivity contribution in [1.82, 2.24) is 14.8 Å². The number of rotatable bonds is 6. The van der Waals surface area contributed by atoms with Gasteiger partial charge in [0, 0.05) is 51.0 Å². The van der Waals surface area contributed by atoms with Crippen molar-refractivity contribution in [3.05, 3.63) is 95.8 Å². The molecule has 0 N–H and O–H groups in total. The van der Waals surface area contributed by atoms with Crippen LogP contribution in [0.15, 0.2) is 79.1 Å². The largest absolute Gasteiger partial charge is 0.497 e. The van der Waals surface area contributed by atoms with Gasteiger partial charge < -0.3 is 14.4 Å². The standard InChI is InChI=1S/C27H29N3O3/c1-32-24-11-9-22(10-12-24)17-29-19-25(23-8-5-13-28-16-23)27(20-29)26(31)30(14-15-33-27)18-21-6-3-2-4-7-21/h2-13,16,25H,14-15,17-20H2,1H3/t25-,27-/m0/s1. The molecule has 0 radical (unpaired) electrons. The number of carbonyl (C=O) groups is 1. The van der Waals surface area contributed by atoms with Crippen LogP contribution in [-0.4, -0.2) is 59.6 Å². The first-order valence-electron chi connectivity index (χ1n) is 11.4. The minimum atomic E-state index is -0.900. The highest BCUT2D eigenvalue weighted by atomic mass is 16.5. The highest BCUT2D eigenvalue weighted by Crippen LogP contribution is 2.42. The number of morpholine rings is 1. The molecule has 2 aromatic carbocycles. The predicted molar refractivity (Wildman–Crippen MR) is 126 cm³/mol. The second-order valence-corrected chi connectivity index (χ2v) is 8.81. The number of pyridine rings is 1. The Morgan fingerprint density at radius 2 is 1.82 bits per heavy atom. The second-order valence-electron chi connectivity index (χ2n) is 8.81. The topological polar surface area (TPSA) is 54.9 Å². The van der Waals surface area contributed by atoms with E-state index in [-0.39, 0.29) is 11.8 Å². The molecule has 5 rings (SSSR count). The van der Waals surface area contributed by atoms with Gasteiger partial charge in [-0.2, -0.15) is 0 Å². The summed E-state index contributed by atoms with van der Waals surface area (Å²) in [6, 6.07) is 22.3. The molecule has 2 aliphatic rings. The SMILES string of the molecule is COc1ccc(CN2C[C@@H](c3cccnc3)[C@]3(C2)OCCN(Cc2ccccc2)C3=O)cc1. The van der Waals surface area contributed by atoms with E-state index in [0.29, 0.717) is 26.2 Å². The molecule has 1 amide bonds. The van der Waals surface area contributed by atoms with Crippen molar-refractivity contribution in [3.63, 3.8) is 0 Å². The van der Waals surface area contributed by atoms with Crippen LogP contribution in [0.4, 0.5) is 0 Å². The summed E-state index contributed by atoms with van der Waals surface area (Å²) >= 11 is 0. The molecule has 6 heteroatoms. The van der Waals surface area contributed by atoms with Gasteiger partial charge in [0.2, 0.25) is 0 Å². The highest BCUT2D eigenvalue weighted by molar-refractivity contribution is 5.88. The molecule has 1 aromatic heterocycles. The van der Waals surface area contributed by atoms with E-state index in [9.17, 15) is 4.79 Å². The summed E-state index contributed by atoms with van der Waals surface area (Å²) in [7, 11) is 1.67. The molecular formula is C27H29N3O3. The normalized spacial score (nSPS) is 23.2. The molecular weight excluding hydrogens is 414 g/mol. The van der Waals surface area contributed by atoms with Crippen molar-refractivity contribution in [1.29, 1.82) is 0 Å². The first-order valence-corrected chi connectivity index (χ1v) is 11.4. The van der Waals surface area contributed by atoms with Gasteiger partial charge in [0.1, 0.15) is 5.75 Å². The Labute approximate surface area is 194 Å². The Hall–Kier alpha value is -3.22. The van der Waals surface area contributed by atoms with Gasteiger partial charge in [0.15, 0.2) is 5.60 Å². The Balaban J connectivity index is 1.42. The molecule has 6 nitrogen and oxygen atoms in total. The maximum atomic E-state index is 14.0. The fourth-order valence-corrected chi connectivity index (χ4v) is 5.07. The van der Waals surface area contributed by atoms with Crippen molar-refractivity contribution in [2.75, 3.05) is 33.4 Å². The maximum Gasteiger partial charge on any atom is 0.257 e. The van der Waals surface area contributed by atoms with Crippen molar-refractivity contribution in [2.45, 2.75) is 24.6 Å². The summed E-state index contributed by atoms with van der Waals surface area (Å²) in [5.41, 5.74) is 2.46. The van der Waals surface area contributed by atoms with Crippen LogP contribution >= 0.6 is 0 Å². The summed E-state index contributed by atoms with van der Waals surface area (Å²) < 4.78 is 11.7. The number of hydrogen-bond acceptors (Lipinski definition) is 5. The zero-order valence-electron chi connectivity index (χ0n) is 18.9. The number of nitrogens with zero attached hydrogens (tertiary/aromatic N) is 3. The zero-order valence-corrected chi connectivity index (χ0v) is 18.9. The molecule has 2 aliphatic heterocycles. The van der Waals surface area contributed by atoms with Gasteiger partial charge in [-0.1, -0.05) is 48.5 Å². The lowest BCUT2D eigenvalue weighted by molar-refractivity contribution is -0.173. The van der Waals surface area contributed by atoms with E-state index in [0.717, 1.165) is 30.0 Å². The van der Waals surface area contributed by atoms with Gasteiger partial charge in [-0.3, -0.25) is 14.7 Å². The Morgan fingerprint density at radius 3 is 2.55 bits per heavy atom. The Kier molecular flexibility index (Phi) is 6.11. The van der Waals surface area contributed by atoms with Crippen molar-refractivity contribution in [3.8, 4) is 5.75 Å². The monoisotopic (exact) mass is 443 g/mol. The third-order valence-corrected chi connectivity index (χ3v) is 6.70. The lowest BCUT2D eigenvalue weighted by Gasteiger charge is -2.42. The van der Waals surface area contributed by atoms with E-state index in [4.69, 9.17) is 9.47 Å². The number of methoxy groups -OCH3 is 1. The molecule has 3 heterocycles. The van der Waals surface area contributed by atoms with Crippen LogP contribution < -0.4 is 4.74 Å². The molecule has 0 unspecified atom stereocenters. The van der Waals surface area contributed by atoms with Crippen molar-refractivity contribution in [2.24, 2.45) is 0 Å². The average molecular weight is 444 g/mol. The smallest absolute Gasteiger partial charge is 0.257 e. The zero-order chi connectivity index (χ0) is 22.7. The molecule has 1 spiro atoms. The number of hydrogen-bond donors (Lipinski definition) is 0. The van der Waals surface area contributed by atoms with Crippen LogP contribution in [-0.2, 0) is 22.6 Å². The summed E-state index contributed by atoms with van der Waals surface area (Å²) in [4.78, 5) is 22.6. The van der Waals surface area contributed by atoms with Crippen LogP contribution in [0.2, 0.25) is 0 Å². The van der Waals surface area contributed by atoms with E-state index in [2.05, 4.69) is 40.2 Å². The molecule has 0 bridgehead atoms. The Bertz CT molecular complexity index is 1070. The van der Waals surface area contributed by atoms with E-state index in [1.54, 1.807) is 13.3 Å². The minimum Gasteiger partial charge on any atom is -0.497 e. The van der Waals surface area contributed by atoms with Gasteiger partial charge in [0.25, 0.3) is 5.91 Å². The summed E-state index contributed by atoms with van der Waals surface area (Å²) in [5.74, 6) is 0.839. The van der Waals surface area contributed by atoms with Crippen LogP contribution in [0, 0.1) is 0 Å². The third-order valence-electron chi connectivity index (χ3n) is 6.70. The maximum absolute atomic E-state index is 14.0. The van der Waals surface area contributed by atoms with Crippen LogP contribution in [0.1, 0.15) is 22.6 Å². The fraction of sp³-hybridized carbons (Fsp3) is 0.333. The number of likely N-dealkylation sites (tertiary alicyclic amines) is 1. The summed E-state index contributed by atoms with van der Waals surface area (Å²) in [5, 5.41) is 0. The Morgan fingerprint density at radius 1 is 1.03 bits per heavy atom. The first kappa shape index (κ1) is 21.6. The fourth-order valence-electron chi connectivity index (χ4n) is 5.07. The third kappa shape index (κ3) is 4.36. The van der Waals surface area contributed by atoms with Gasteiger partial charge in [-0.15, -0.1) is 0 Å². The van der Waals surface area contributed by atoms with Crippen molar-refractivity contribution >= 4 is 5.91 Å². The van der Waals surface area contributed by atoms with Gasteiger partial charge in [-0.05, 0) is 34.9 Å². The van der Waals surface area contributed by atoms with E-state index < -0.39 is 5.60 Å². The minimum absolute atomic E-state index is 0.0729.